The Hall–Kier alpha value is -4.75. The fourth-order valence-corrected chi connectivity index (χ4v) is 8.96. The fourth-order valence-electron chi connectivity index (χ4n) is 6.19. The molecule has 0 radical (unpaired) electrons. The van der Waals surface area contributed by atoms with E-state index in [1.54, 1.807) is 19.1 Å². The summed E-state index contributed by atoms with van der Waals surface area (Å²) in [7, 11) is 0. The van der Waals surface area contributed by atoms with Crippen molar-refractivity contribution in [1.82, 2.24) is 4.57 Å². The number of aromatic nitrogens is 1. The van der Waals surface area contributed by atoms with Crippen LogP contribution in [0.25, 0.3) is 0 Å². The Morgan fingerprint density at radius 1 is 0.896 bits per heavy atom. The van der Waals surface area contributed by atoms with E-state index in [0.29, 0.717) is 21.2 Å². The van der Waals surface area contributed by atoms with E-state index in [-0.39, 0.29) is 23.7 Å². The topological polar surface area (TPSA) is 118 Å². The molecule has 3 atom stereocenters. The van der Waals surface area contributed by atoms with Gasteiger partial charge in [0.15, 0.2) is 0 Å². The number of amides is 3. The lowest BCUT2D eigenvalue weighted by Crippen LogP contribution is -2.33. The van der Waals surface area contributed by atoms with Gasteiger partial charge in [0.2, 0.25) is 17.7 Å². The number of thiazole rings is 1. The van der Waals surface area contributed by atoms with Gasteiger partial charge in [-0.15, -0.1) is 0 Å². The minimum absolute atomic E-state index is 0.239. The highest BCUT2D eigenvalue weighted by Gasteiger charge is 2.56. The summed E-state index contributed by atoms with van der Waals surface area (Å²) in [5.41, 5.74) is 2.81. The third-order valence-electron chi connectivity index (χ3n) is 8.50. The van der Waals surface area contributed by atoms with Crippen LogP contribution in [0.1, 0.15) is 47.5 Å². The molecule has 1 saturated heterocycles. The molecule has 4 aromatic rings. The molecular formula is C35H33FN4O6S2. The smallest absolute Gasteiger partial charge is 0.338 e. The van der Waals surface area contributed by atoms with Crippen LogP contribution in [-0.2, 0) is 25.7 Å². The Morgan fingerprint density at radius 3 is 2.19 bits per heavy atom. The Morgan fingerprint density at radius 2 is 1.56 bits per heavy atom. The number of imide groups is 1. The van der Waals surface area contributed by atoms with Crippen molar-refractivity contribution in [2.45, 2.75) is 43.5 Å². The lowest BCUT2D eigenvalue weighted by Gasteiger charge is -2.31. The van der Waals surface area contributed by atoms with Crippen molar-refractivity contribution >= 4 is 63.9 Å². The summed E-state index contributed by atoms with van der Waals surface area (Å²) in [6, 6.07) is 19.2. The fraction of sp³-hybridized carbons (Fsp3) is 0.286. The SMILES string of the molecule is CCOC(=O)c1ccc(NC(=O)Cn2c3c(sc2=O)[C@@H](c2ccc(N(CC)CC)cc2)[C@@H]2C(=O)N(c4ccc(F)cc4)C(=O)[C@@H]2S3)cc1. The number of carbonyl (C=O) groups excluding carboxylic acids is 4. The van der Waals surface area contributed by atoms with Gasteiger partial charge in [-0.05, 0) is 87.0 Å². The van der Waals surface area contributed by atoms with Gasteiger partial charge in [0.25, 0.3) is 0 Å². The molecule has 1 aromatic heterocycles. The number of fused-ring (bicyclic) bond motifs is 2. The van der Waals surface area contributed by atoms with E-state index in [0.717, 1.165) is 52.3 Å². The maximum atomic E-state index is 14.1. The summed E-state index contributed by atoms with van der Waals surface area (Å²) < 4.78 is 20.1. The molecule has 0 aliphatic carbocycles. The lowest BCUT2D eigenvalue weighted by atomic mass is 9.83. The van der Waals surface area contributed by atoms with E-state index in [1.165, 1.54) is 41.0 Å². The normalized spacial score (nSPS) is 18.3. The summed E-state index contributed by atoms with van der Waals surface area (Å²) in [6.45, 7) is 7.38. The highest BCUT2D eigenvalue weighted by Crippen LogP contribution is 2.54. The van der Waals surface area contributed by atoms with Crippen LogP contribution in [0.15, 0.2) is 82.6 Å². The molecule has 3 aromatic carbocycles. The van der Waals surface area contributed by atoms with Crippen molar-refractivity contribution in [2.24, 2.45) is 5.92 Å². The molecular weight excluding hydrogens is 656 g/mol. The number of ether oxygens (including phenoxy) is 1. The van der Waals surface area contributed by atoms with Crippen LogP contribution in [0.2, 0.25) is 0 Å². The summed E-state index contributed by atoms with van der Waals surface area (Å²) in [6.07, 6.45) is 0. The van der Waals surface area contributed by atoms with E-state index in [1.807, 2.05) is 24.3 Å². The van der Waals surface area contributed by atoms with Crippen LogP contribution < -0.4 is 20.0 Å². The number of halogens is 1. The van der Waals surface area contributed by atoms with Crippen LogP contribution in [0, 0.1) is 11.7 Å². The zero-order chi connectivity index (χ0) is 34.1. The van der Waals surface area contributed by atoms with Crippen molar-refractivity contribution in [3.63, 3.8) is 0 Å². The lowest BCUT2D eigenvalue weighted by molar-refractivity contribution is -0.122. The molecule has 1 N–H and O–H groups in total. The van der Waals surface area contributed by atoms with Crippen LogP contribution in [-0.4, -0.2) is 53.2 Å². The number of anilines is 3. The molecule has 0 bridgehead atoms. The third kappa shape index (κ3) is 6.15. The molecule has 0 spiro atoms. The second-order valence-electron chi connectivity index (χ2n) is 11.3. The van der Waals surface area contributed by atoms with E-state index >= 15 is 0 Å². The number of benzene rings is 3. The molecule has 0 saturated carbocycles. The number of hydrogen-bond acceptors (Lipinski definition) is 9. The van der Waals surface area contributed by atoms with Crippen molar-refractivity contribution in [3.8, 4) is 0 Å². The molecule has 3 heterocycles. The number of hydrogen-bond donors (Lipinski definition) is 1. The highest BCUT2D eigenvalue weighted by atomic mass is 32.2. The van der Waals surface area contributed by atoms with Crippen LogP contribution in [0.5, 0.6) is 0 Å². The minimum Gasteiger partial charge on any atom is -0.462 e. The Balaban J connectivity index is 1.35. The minimum atomic E-state index is -0.874. The van der Waals surface area contributed by atoms with Crippen LogP contribution in [0.3, 0.4) is 0 Å². The Bertz CT molecular complexity index is 1920. The van der Waals surface area contributed by atoms with Crippen molar-refractivity contribution in [2.75, 3.05) is 34.8 Å². The van der Waals surface area contributed by atoms with E-state index in [9.17, 15) is 28.4 Å². The van der Waals surface area contributed by atoms with Gasteiger partial charge < -0.3 is 15.0 Å². The summed E-state index contributed by atoms with van der Waals surface area (Å²) in [4.78, 5) is 70.2. The van der Waals surface area contributed by atoms with Gasteiger partial charge in [-0.25, -0.2) is 14.1 Å². The predicted molar refractivity (Wildman–Crippen MR) is 183 cm³/mol. The van der Waals surface area contributed by atoms with Crippen molar-refractivity contribution < 1.29 is 28.3 Å². The van der Waals surface area contributed by atoms with Gasteiger partial charge in [0, 0.05) is 35.3 Å². The molecule has 2 aliphatic rings. The number of thioether (sulfide) groups is 1. The number of nitrogens with zero attached hydrogens (tertiary/aromatic N) is 3. The maximum absolute atomic E-state index is 14.1. The molecule has 10 nitrogen and oxygen atoms in total. The zero-order valence-electron chi connectivity index (χ0n) is 26.5. The molecule has 1 fully saturated rings. The monoisotopic (exact) mass is 688 g/mol. The van der Waals surface area contributed by atoms with Gasteiger partial charge in [-0.2, -0.15) is 0 Å². The molecule has 13 heteroatoms. The first-order valence-electron chi connectivity index (χ1n) is 15.6. The van der Waals surface area contributed by atoms with Crippen LogP contribution >= 0.6 is 23.1 Å². The third-order valence-corrected chi connectivity index (χ3v) is 11.1. The van der Waals surface area contributed by atoms with Gasteiger partial charge in [-0.1, -0.05) is 35.2 Å². The van der Waals surface area contributed by atoms with Crippen molar-refractivity contribution in [3.05, 3.63) is 104 Å². The Labute approximate surface area is 284 Å². The summed E-state index contributed by atoms with van der Waals surface area (Å²) >= 11 is 2.07. The second-order valence-corrected chi connectivity index (χ2v) is 13.4. The summed E-state index contributed by atoms with van der Waals surface area (Å²) in [5, 5.41) is 2.34. The first-order chi connectivity index (χ1) is 23.1. The van der Waals surface area contributed by atoms with Gasteiger partial charge >= 0.3 is 10.8 Å². The molecule has 3 amide bonds. The highest BCUT2D eigenvalue weighted by molar-refractivity contribution is 8.00. The number of esters is 1. The summed E-state index contributed by atoms with van der Waals surface area (Å²) in [5.74, 6) is -3.79. The molecule has 48 heavy (non-hydrogen) atoms. The van der Waals surface area contributed by atoms with E-state index in [2.05, 4.69) is 24.1 Å². The zero-order valence-corrected chi connectivity index (χ0v) is 28.1. The first-order valence-corrected chi connectivity index (χ1v) is 17.3. The quantitative estimate of drug-likeness (QED) is 0.171. The van der Waals surface area contributed by atoms with Gasteiger partial charge in [0.05, 0.1) is 28.8 Å². The largest absolute Gasteiger partial charge is 0.462 e. The number of carbonyl (C=O) groups is 4. The number of rotatable bonds is 10. The standard InChI is InChI=1S/C35H33FN4O6S2/c1-4-38(5-2)24-15-9-20(10-16-24)27-28-29(32(43)40(31(28)42)25-17-11-22(36)12-18-25)47-33-30(27)48-35(45)39(33)19-26(41)37-23-13-7-21(8-14-23)34(44)46-6-3/h7-18,27-29H,4-6,19H2,1-3H3,(H,37,41)/t27-,28-,29+/m0/s1. The predicted octanol–water partition coefficient (Wildman–Crippen LogP) is 5.51. The number of nitrogens with one attached hydrogen (secondary N) is 1. The second kappa shape index (κ2) is 13.8. The average molecular weight is 689 g/mol. The molecule has 2 aliphatic heterocycles. The molecule has 0 unspecified atom stereocenters. The van der Waals surface area contributed by atoms with Gasteiger partial charge in [-0.3, -0.25) is 23.7 Å². The van der Waals surface area contributed by atoms with Gasteiger partial charge in [0.1, 0.15) is 17.6 Å². The first kappa shape index (κ1) is 33.2. The van der Waals surface area contributed by atoms with Crippen LogP contribution in [0.4, 0.5) is 21.5 Å². The Kier molecular flexibility index (Phi) is 9.51. The maximum Gasteiger partial charge on any atom is 0.338 e. The van der Waals surface area contributed by atoms with Crippen molar-refractivity contribution in [1.29, 1.82) is 0 Å². The molecule has 6 rings (SSSR count). The molecule has 248 valence electrons. The average Bonchev–Trinajstić information content (AvgIpc) is 3.52. The van der Waals surface area contributed by atoms with E-state index < -0.39 is 46.6 Å². The van der Waals surface area contributed by atoms with E-state index in [4.69, 9.17) is 4.74 Å².